The molecule has 2 aliphatic carbocycles. The lowest BCUT2D eigenvalue weighted by Crippen LogP contribution is -2.44. The van der Waals surface area contributed by atoms with Gasteiger partial charge in [-0.1, -0.05) is 18.0 Å². The zero-order chi connectivity index (χ0) is 15.5. The lowest BCUT2D eigenvalue weighted by molar-refractivity contribution is -0.122. The van der Waals surface area contributed by atoms with Gasteiger partial charge in [0.25, 0.3) is 0 Å². The summed E-state index contributed by atoms with van der Waals surface area (Å²) in [6.45, 7) is 0. The Hall–Kier alpha value is -1.33. The van der Waals surface area contributed by atoms with Gasteiger partial charge in [0.15, 0.2) is 5.11 Å². The molecule has 0 aliphatic heterocycles. The molecule has 2 bridgehead atoms. The zero-order valence-electron chi connectivity index (χ0n) is 12.3. The number of fused-ring (bicyclic) bond motifs is 2. The summed E-state index contributed by atoms with van der Waals surface area (Å²) in [5, 5.41) is 4.03. The fourth-order valence-corrected chi connectivity index (χ4v) is 4.03. The van der Waals surface area contributed by atoms with Gasteiger partial charge in [0.2, 0.25) is 5.91 Å². The number of nitrogens with one attached hydrogen (secondary N) is 3. The van der Waals surface area contributed by atoms with Crippen LogP contribution in [0.25, 0.3) is 0 Å². The topological polar surface area (TPSA) is 53.2 Å². The number of hydrogen-bond acceptors (Lipinski definition) is 2. The average Bonchev–Trinajstić information content (AvgIpc) is 3.10. The third-order valence-electron chi connectivity index (χ3n) is 4.75. The van der Waals surface area contributed by atoms with Crippen LogP contribution in [0.3, 0.4) is 0 Å². The number of thiocarbonyl (C=S) groups is 1. The number of hydrazine groups is 1. The van der Waals surface area contributed by atoms with Crippen LogP contribution >= 0.6 is 23.8 Å². The minimum absolute atomic E-state index is 0.0119. The molecule has 0 saturated heterocycles. The van der Waals surface area contributed by atoms with E-state index in [2.05, 4.69) is 16.2 Å². The molecule has 6 heteroatoms. The van der Waals surface area contributed by atoms with E-state index in [1.54, 1.807) is 12.1 Å². The summed E-state index contributed by atoms with van der Waals surface area (Å²) < 4.78 is 0. The van der Waals surface area contributed by atoms with E-state index in [0.717, 1.165) is 17.5 Å². The molecule has 22 heavy (non-hydrogen) atoms. The predicted molar refractivity (Wildman–Crippen MR) is 92.5 cm³/mol. The third-order valence-corrected chi connectivity index (χ3v) is 5.21. The van der Waals surface area contributed by atoms with E-state index in [-0.39, 0.29) is 5.91 Å². The predicted octanol–water partition coefficient (Wildman–Crippen LogP) is 3.48. The molecule has 3 N–H and O–H groups in total. The fraction of sp³-hybridized carbons (Fsp3) is 0.500. The smallest absolute Gasteiger partial charge is 0.238 e. The van der Waals surface area contributed by atoms with Crippen LogP contribution in [0.4, 0.5) is 5.69 Å². The minimum atomic E-state index is 0.0119. The second-order valence-corrected chi connectivity index (χ2v) is 7.12. The molecule has 2 fully saturated rings. The highest BCUT2D eigenvalue weighted by atomic mass is 35.5. The largest absolute Gasteiger partial charge is 0.331 e. The molecule has 1 aromatic carbocycles. The number of amides is 1. The first-order chi connectivity index (χ1) is 10.6. The number of hydrogen-bond donors (Lipinski definition) is 3. The SMILES string of the molecule is O=C(C[C@H]1C[C@@H]2CC[C@@H]1C2)NNC(=S)Nc1ccc(Cl)cc1. The monoisotopic (exact) mass is 337 g/mol. The molecule has 3 rings (SSSR count). The van der Waals surface area contributed by atoms with Crippen LogP contribution < -0.4 is 16.2 Å². The average molecular weight is 338 g/mol. The van der Waals surface area contributed by atoms with E-state index in [0.29, 0.717) is 22.5 Å². The molecular formula is C16H20ClN3OS. The molecule has 0 radical (unpaired) electrons. The van der Waals surface area contributed by atoms with Gasteiger partial charge in [-0.05, 0) is 73.5 Å². The summed E-state index contributed by atoms with van der Waals surface area (Å²) in [6.07, 6.45) is 5.79. The van der Waals surface area contributed by atoms with Crippen molar-refractivity contribution >= 4 is 40.5 Å². The molecular weight excluding hydrogens is 318 g/mol. The number of rotatable bonds is 3. The number of halogens is 1. The normalized spacial score (nSPS) is 25.8. The summed E-state index contributed by atoms with van der Waals surface area (Å²) in [4.78, 5) is 12.0. The Balaban J connectivity index is 1.39. The first-order valence-corrected chi connectivity index (χ1v) is 8.50. The maximum Gasteiger partial charge on any atom is 0.238 e. The third kappa shape index (κ3) is 3.90. The van der Waals surface area contributed by atoms with Gasteiger partial charge in [-0.15, -0.1) is 0 Å². The molecule has 4 nitrogen and oxygen atoms in total. The van der Waals surface area contributed by atoms with Crippen molar-refractivity contribution in [3.05, 3.63) is 29.3 Å². The van der Waals surface area contributed by atoms with Crippen molar-refractivity contribution in [3.63, 3.8) is 0 Å². The van der Waals surface area contributed by atoms with Gasteiger partial charge in [-0.2, -0.15) is 0 Å². The summed E-state index contributed by atoms with van der Waals surface area (Å²) in [7, 11) is 0. The summed E-state index contributed by atoms with van der Waals surface area (Å²) in [5.41, 5.74) is 6.26. The molecule has 2 saturated carbocycles. The quantitative estimate of drug-likeness (QED) is 0.584. The van der Waals surface area contributed by atoms with Gasteiger partial charge in [0.1, 0.15) is 0 Å². The van der Waals surface area contributed by atoms with Crippen LogP contribution in [-0.4, -0.2) is 11.0 Å². The molecule has 118 valence electrons. The lowest BCUT2D eigenvalue weighted by atomic mass is 9.86. The van der Waals surface area contributed by atoms with E-state index in [1.165, 1.54) is 25.7 Å². The lowest BCUT2D eigenvalue weighted by Gasteiger charge is -2.21. The summed E-state index contributed by atoms with van der Waals surface area (Å²) in [6, 6.07) is 7.21. The summed E-state index contributed by atoms with van der Waals surface area (Å²) in [5.74, 6) is 2.19. The Labute approximate surface area is 141 Å². The van der Waals surface area contributed by atoms with Crippen LogP contribution in [0, 0.1) is 17.8 Å². The maximum absolute atomic E-state index is 12.0. The second kappa shape index (κ2) is 6.84. The van der Waals surface area contributed by atoms with Gasteiger partial charge in [-0.3, -0.25) is 15.6 Å². The van der Waals surface area contributed by atoms with Crippen molar-refractivity contribution in [2.75, 3.05) is 5.32 Å². The Bertz CT molecular complexity index is 563. The highest BCUT2D eigenvalue weighted by Crippen LogP contribution is 2.49. The van der Waals surface area contributed by atoms with E-state index in [4.69, 9.17) is 23.8 Å². The number of benzene rings is 1. The van der Waals surface area contributed by atoms with E-state index >= 15 is 0 Å². The summed E-state index contributed by atoms with van der Waals surface area (Å²) >= 11 is 11.0. The van der Waals surface area contributed by atoms with Crippen molar-refractivity contribution in [3.8, 4) is 0 Å². The van der Waals surface area contributed by atoms with Crippen LogP contribution in [0.1, 0.15) is 32.1 Å². The van der Waals surface area contributed by atoms with Crippen molar-refractivity contribution in [2.24, 2.45) is 17.8 Å². The first kappa shape index (κ1) is 15.6. The van der Waals surface area contributed by atoms with Crippen molar-refractivity contribution in [1.82, 2.24) is 10.9 Å². The Morgan fingerprint density at radius 3 is 2.59 bits per heavy atom. The number of anilines is 1. The van der Waals surface area contributed by atoms with E-state index in [1.807, 2.05) is 12.1 Å². The molecule has 2 aliphatic rings. The van der Waals surface area contributed by atoms with Crippen LogP contribution in [-0.2, 0) is 4.79 Å². The van der Waals surface area contributed by atoms with E-state index < -0.39 is 0 Å². The van der Waals surface area contributed by atoms with Gasteiger partial charge < -0.3 is 5.32 Å². The highest BCUT2D eigenvalue weighted by molar-refractivity contribution is 7.80. The van der Waals surface area contributed by atoms with Gasteiger partial charge in [0.05, 0.1) is 0 Å². The van der Waals surface area contributed by atoms with Crippen molar-refractivity contribution in [2.45, 2.75) is 32.1 Å². The van der Waals surface area contributed by atoms with Gasteiger partial charge in [-0.25, -0.2) is 0 Å². The number of carbonyl (C=O) groups excluding carboxylic acids is 1. The molecule has 0 aromatic heterocycles. The van der Waals surface area contributed by atoms with E-state index in [9.17, 15) is 4.79 Å². The van der Waals surface area contributed by atoms with Gasteiger partial charge in [0, 0.05) is 17.1 Å². The molecule has 1 amide bonds. The highest BCUT2D eigenvalue weighted by Gasteiger charge is 2.40. The molecule has 1 aromatic rings. The Morgan fingerprint density at radius 1 is 1.18 bits per heavy atom. The molecule has 0 heterocycles. The van der Waals surface area contributed by atoms with Crippen molar-refractivity contribution < 1.29 is 4.79 Å². The standard InChI is InChI=1S/C16H20ClN3OS/c17-13-3-5-14(6-4-13)18-16(22)20-19-15(21)9-12-8-10-1-2-11(12)7-10/h3-6,10-12H,1-2,7-9H2,(H,19,21)(H2,18,20,22)/t10-,11-,12-/m1/s1. The van der Waals surface area contributed by atoms with Crippen LogP contribution in [0.15, 0.2) is 24.3 Å². The maximum atomic E-state index is 12.0. The second-order valence-electron chi connectivity index (χ2n) is 6.27. The number of carbonyl (C=O) groups is 1. The van der Waals surface area contributed by atoms with Crippen molar-refractivity contribution in [1.29, 1.82) is 0 Å². The minimum Gasteiger partial charge on any atom is -0.331 e. The van der Waals surface area contributed by atoms with Gasteiger partial charge >= 0.3 is 0 Å². The Morgan fingerprint density at radius 2 is 1.95 bits per heavy atom. The van der Waals surface area contributed by atoms with Crippen LogP contribution in [0.2, 0.25) is 5.02 Å². The molecule has 0 unspecified atom stereocenters. The molecule has 0 spiro atoms. The Kier molecular flexibility index (Phi) is 4.84. The fourth-order valence-electron chi connectivity index (χ4n) is 3.74. The molecule has 3 atom stereocenters. The van der Waals surface area contributed by atoms with Crippen LogP contribution in [0.5, 0.6) is 0 Å². The first-order valence-electron chi connectivity index (χ1n) is 7.71. The zero-order valence-corrected chi connectivity index (χ0v) is 13.8.